The zero-order valence-corrected chi connectivity index (χ0v) is 22.3. The van der Waals surface area contributed by atoms with Crippen molar-refractivity contribution in [1.29, 1.82) is 0 Å². The van der Waals surface area contributed by atoms with E-state index in [0.29, 0.717) is 25.5 Å². The molecule has 0 aliphatic carbocycles. The predicted molar refractivity (Wildman–Crippen MR) is 147 cm³/mol. The van der Waals surface area contributed by atoms with Gasteiger partial charge in [0.05, 0.1) is 0 Å². The van der Waals surface area contributed by atoms with Crippen molar-refractivity contribution in [1.82, 2.24) is 13.6 Å². The SMILES string of the molecule is CC(C)Cn1cc(CCNS(=O)(=O)N(C)C)c2ccc(-c3ccccc3OCc3ccccc3)cc21. The molecular formula is C29H35N3O3S. The topological polar surface area (TPSA) is 63.6 Å². The van der Waals surface area contributed by atoms with Crippen LogP contribution in [0.1, 0.15) is 25.0 Å². The Morgan fingerprint density at radius 3 is 2.42 bits per heavy atom. The Labute approximate surface area is 214 Å². The lowest BCUT2D eigenvalue weighted by atomic mass is 10.0. The van der Waals surface area contributed by atoms with Crippen molar-refractivity contribution in [2.24, 2.45) is 5.92 Å². The third-order valence-corrected chi connectivity index (χ3v) is 7.65. The average Bonchev–Trinajstić information content (AvgIpc) is 3.19. The van der Waals surface area contributed by atoms with Gasteiger partial charge in [-0.15, -0.1) is 0 Å². The highest BCUT2D eigenvalue weighted by Crippen LogP contribution is 2.34. The van der Waals surface area contributed by atoms with E-state index in [1.54, 1.807) is 0 Å². The first-order chi connectivity index (χ1) is 17.2. The first-order valence-corrected chi connectivity index (χ1v) is 13.7. The van der Waals surface area contributed by atoms with E-state index in [9.17, 15) is 8.42 Å². The summed E-state index contributed by atoms with van der Waals surface area (Å²) in [6.45, 7) is 6.15. The maximum Gasteiger partial charge on any atom is 0.278 e. The molecule has 0 saturated carbocycles. The van der Waals surface area contributed by atoms with Gasteiger partial charge in [-0.3, -0.25) is 0 Å². The lowest BCUT2D eigenvalue weighted by molar-refractivity contribution is 0.307. The van der Waals surface area contributed by atoms with Crippen LogP contribution < -0.4 is 9.46 Å². The van der Waals surface area contributed by atoms with E-state index < -0.39 is 10.2 Å². The van der Waals surface area contributed by atoms with Gasteiger partial charge in [-0.25, -0.2) is 4.72 Å². The van der Waals surface area contributed by atoms with Crippen LogP contribution in [0.15, 0.2) is 79.0 Å². The Bertz CT molecular complexity index is 1410. The molecule has 190 valence electrons. The van der Waals surface area contributed by atoms with Gasteiger partial charge in [0.15, 0.2) is 0 Å². The fourth-order valence-corrected chi connectivity index (χ4v) is 4.91. The van der Waals surface area contributed by atoms with Gasteiger partial charge in [-0.2, -0.15) is 12.7 Å². The number of aromatic nitrogens is 1. The molecule has 0 fully saturated rings. The summed E-state index contributed by atoms with van der Waals surface area (Å²) in [6.07, 6.45) is 2.78. The van der Waals surface area contributed by atoms with Crippen LogP contribution in [0.25, 0.3) is 22.0 Å². The van der Waals surface area contributed by atoms with Crippen LogP contribution in [-0.2, 0) is 29.8 Å². The van der Waals surface area contributed by atoms with Gasteiger partial charge in [0.25, 0.3) is 10.2 Å². The summed E-state index contributed by atoms with van der Waals surface area (Å²) in [7, 11) is -0.389. The highest BCUT2D eigenvalue weighted by atomic mass is 32.2. The Morgan fingerprint density at radius 1 is 0.972 bits per heavy atom. The number of hydrogen-bond donors (Lipinski definition) is 1. The summed E-state index contributed by atoms with van der Waals surface area (Å²) in [5.41, 5.74) is 5.54. The fourth-order valence-electron chi connectivity index (χ4n) is 4.29. The Balaban J connectivity index is 1.64. The molecule has 6 nitrogen and oxygen atoms in total. The number of rotatable bonds is 11. The second kappa shape index (κ2) is 11.3. The lowest BCUT2D eigenvalue weighted by Gasteiger charge is -2.13. The third-order valence-electron chi connectivity index (χ3n) is 6.12. The summed E-state index contributed by atoms with van der Waals surface area (Å²) >= 11 is 0. The van der Waals surface area contributed by atoms with Crippen LogP contribution in [-0.4, -0.2) is 37.9 Å². The van der Waals surface area contributed by atoms with Crippen molar-refractivity contribution < 1.29 is 13.2 Å². The number of para-hydroxylation sites is 1. The molecular weight excluding hydrogens is 470 g/mol. The highest BCUT2D eigenvalue weighted by molar-refractivity contribution is 7.87. The molecule has 0 aliphatic rings. The molecule has 0 unspecified atom stereocenters. The molecule has 3 aromatic carbocycles. The zero-order chi connectivity index (χ0) is 25.7. The molecule has 0 atom stereocenters. The predicted octanol–water partition coefficient (Wildman–Crippen LogP) is 5.48. The van der Waals surface area contributed by atoms with Gasteiger partial charge in [-0.05, 0) is 41.2 Å². The van der Waals surface area contributed by atoms with E-state index in [2.05, 4.69) is 65.7 Å². The number of ether oxygens (including phenoxy) is 1. The maximum absolute atomic E-state index is 12.1. The van der Waals surface area contributed by atoms with Crippen molar-refractivity contribution in [3.05, 3.63) is 90.1 Å². The summed E-state index contributed by atoms with van der Waals surface area (Å²) in [5.74, 6) is 1.33. The molecule has 0 radical (unpaired) electrons. The number of benzene rings is 3. The summed E-state index contributed by atoms with van der Waals surface area (Å²) in [6, 6.07) is 24.8. The lowest BCUT2D eigenvalue weighted by Crippen LogP contribution is -2.36. The summed E-state index contributed by atoms with van der Waals surface area (Å²) in [4.78, 5) is 0. The maximum atomic E-state index is 12.1. The van der Waals surface area contributed by atoms with Crippen LogP contribution in [0.2, 0.25) is 0 Å². The van der Waals surface area contributed by atoms with Crippen LogP contribution in [0.5, 0.6) is 5.75 Å². The smallest absolute Gasteiger partial charge is 0.278 e. The van der Waals surface area contributed by atoms with Crippen molar-refractivity contribution in [2.75, 3.05) is 20.6 Å². The Hall–Kier alpha value is -3.13. The number of fused-ring (bicyclic) bond motifs is 1. The van der Waals surface area contributed by atoms with E-state index in [1.807, 2.05) is 36.4 Å². The van der Waals surface area contributed by atoms with Crippen molar-refractivity contribution in [2.45, 2.75) is 33.4 Å². The Kier molecular flexibility index (Phi) is 8.14. The summed E-state index contributed by atoms with van der Waals surface area (Å²) in [5, 5.41) is 1.14. The molecule has 36 heavy (non-hydrogen) atoms. The van der Waals surface area contributed by atoms with Crippen molar-refractivity contribution in [3.8, 4) is 16.9 Å². The molecule has 1 N–H and O–H groups in total. The van der Waals surface area contributed by atoms with Crippen molar-refractivity contribution >= 4 is 21.1 Å². The molecule has 0 aliphatic heterocycles. The number of nitrogens with zero attached hydrogens (tertiary/aromatic N) is 2. The Morgan fingerprint density at radius 2 is 1.69 bits per heavy atom. The molecule has 4 rings (SSSR count). The first kappa shape index (κ1) is 25.9. The zero-order valence-electron chi connectivity index (χ0n) is 21.4. The van der Waals surface area contributed by atoms with Gasteiger partial charge >= 0.3 is 0 Å². The number of hydrogen-bond acceptors (Lipinski definition) is 3. The largest absolute Gasteiger partial charge is 0.488 e. The second-order valence-electron chi connectivity index (χ2n) is 9.63. The third kappa shape index (κ3) is 6.16. The average molecular weight is 506 g/mol. The summed E-state index contributed by atoms with van der Waals surface area (Å²) < 4.78 is 36.6. The second-order valence-corrected chi connectivity index (χ2v) is 11.6. The van der Waals surface area contributed by atoms with Crippen LogP contribution in [0.3, 0.4) is 0 Å². The van der Waals surface area contributed by atoms with Crippen LogP contribution in [0, 0.1) is 5.92 Å². The van der Waals surface area contributed by atoms with Gasteiger partial charge in [0, 0.05) is 49.8 Å². The minimum absolute atomic E-state index is 0.346. The van der Waals surface area contributed by atoms with E-state index in [-0.39, 0.29) is 0 Å². The van der Waals surface area contributed by atoms with Crippen molar-refractivity contribution in [3.63, 3.8) is 0 Å². The fraction of sp³-hybridized carbons (Fsp3) is 0.310. The normalized spacial score (nSPS) is 12.1. The van der Waals surface area contributed by atoms with Gasteiger partial charge in [-0.1, -0.05) is 74.5 Å². The van der Waals surface area contributed by atoms with E-state index in [0.717, 1.165) is 45.5 Å². The van der Waals surface area contributed by atoms with Crippen LogP contribution >= 0.6 is 0 Å². The van der Waals surface area contributed by atoms with E-state index in [1.165, 1.54) is 18.4 Å². The highest BCUT2D eigenvalue weighted by Gasteiger charge is 2.15. The van der Waals surface area contributed by atoms with E-state index in [4.69, 9.17) is 4.74 Å². The molecule has 0 amide bonds. The van der Waals surface area contributed by atoms with E-state index >= 15 is 0 Å². The molecule has 0 spiro atoms. The molecule has 4 aromatic rings. The molecule has 0 bridgehead atoms. The molecule has 1 heterocycles. The van der Waals surface area contributed by atoms with Gasteiger partial charge in [0.2, 0.25) is 0 Å². The van der Waals surface area contributed by atoms with Gasteiger partial charge < -0.3 is 9.30 Å². The first-order valence-electron chi connectivity index (χ1n) is 12.3. The monoisotopic (exact) mass is 505 g/mol. The molecule has 7 heteroatoms. The van der Waals surface area contributed by atoms with Crippen LogP contribution in [0.4, 0.5) is 0 Å². The standard InChI is InChI=1S/C29H35N3O3S/c1-22(2)19-32-20-25(16-17-30-36(33,34)31(3)4)26-15-14-24(18-28(26)32)27-12-8-9-13-29(27)35-21-23-10-6-5-7-11-23/h5-15,18,20,22,30H,16-17,19,21H2,1-4H3. The van der Waals surface area contributed by atoms with Gasteiger partial charge in [0.1, 0.15) is 12.4 Å². The quantitative estimate of drug-likeness (QED) is 0.294. The molecule has 1 aromatic heterocycles. The minimum Gasteiger partial charge on any atom is -0.488 e. The molecule has 0 saturated heterocycles. The minimum atomic E-state index is -3.44. The number of nitrogens with one attached hydrogen (secondary N) is 1.